The van der Waals surface area contributed by atoms with E-state index in [0.29, 0.717) is 25.3 Å². The second-order valence-corrected chi connectivity index (χ2v) is 9.73. The van der Waals surface area contributed by atoms with Crippen LogP contribution in [0.1, 0.15) is 49.8 Å². The van der Waals surface area contributed by atoms with Crippen LogP contribution in [-0.2, 0) is 34.1 Å². The Morgan fingerprint density at radius 1 is 1.03 bits per heavy atom. The Morgan fingerprint density at radius 2 is 1.68 bits per heavy atom. The van der Waals surface area contributed by atoms with Crippen molar-refractivity contribution < 1.29 is 17.9 Å². The molecule has 31 heavy (non-hydrogen) atoms. The minimum Gasteiger partial charge on any atom is -0.496 e. The van der Waals surface area contributed by atoms with E-state index in [-0.39, 0.29) is 17.2 Å². The smallest absolute Gasteiger partial charge is 0.243 e. The molecule has 1 saturated heterocycles. The van der Waals surface area contributed by atoms with Gasteiger partial charge in [0.25, 0.3) is 0 Å². The fourth-order valence-electron chi connectivity index (χ4n) is 4.04. The zero-order valence-electron chi connectivity index (χ0n) is 18.6. The molecule has 0 bridgehead atoms. The predicted octanol–water partition coefficient (Wildman–Crippen LogP) is 4.18. The molecular weight excluding hydrogens is 412 g/mol. The van der Waals surface area contributed by atoms with Crippen LogP contribution >= 0.6 is 0 Å². The number of ether oxygens (including phenoxy) is 1. The van der Waals surface area contributed by atoms with Gasteiger partial charge in [0, 0.05) is 25.2 Å². The molecule has 0 spiro atoms. The van der Waals surface area contributed by atoms with E-state index in [9.17, 15) is 13.2 Å². The summed E-state index contributed by atoms with van der Waals surface area (Å²) in [4.78, 5) is 13.0. The van der Waals surface area contributed by atoms with E-state index in [4.69, 9.17) is 4.74 Å². The first-order valence-electron chi connectivity index (χ1n) is 11.0. The highest BCUT2D eigenvalue weighted by molar-refractivity contribution is 7.89. The van der Waals surface area contributed by atoms with Crippen molar-refractivity contribution in [3.8, 4) is 5.75 Å². The number of anilines is 1. The maximum Gasteiger partial charge on any atom is 0.243 e. The molecule has 1 aliphatic heterocycles. The summed E-state index contributed by atoms with van der Waals surface area (Å²) in [6, 6.07) is 11.0. The highest BCUT2D eigenvalue weighted by Gasteiger charge is 2.27. The van der Waals surface area contributed by atoms with Crippen molar-refractivity contribution in [2.24, 2.45) is 0 Å². The van der Waals surface area contributed by atoms with E-state index in [1.165, 1.54) is 4.31 Å². The summed E-state index contributed by atoms with van der Waals surface area (Å²) in [5.41, 5.74) is 3.85. The number of methoxy groups -OCH3 is 1. The number of nitrogens with zero attached hydrogens (tertiary/aromatic N) is 1. The van der Waals surface area contributed by atoms with Crippen LogP contribution in [0.15, 0.2) is 41.3 Å². The van der Waals surface area contributed by atoms with Gasteiger partial charge in [-0.1, -0.05) is 32.0 Å². The predicted molar refractivity (Wildman–Crippen MR) is 123 cm³/mol. The van der Waals surface area contributed by atoms with Crippen molar-refractivity contribution in [1.29, 1.82) is 0 Å². The number of carbonyl (C=O) groups excluding carboxylic acids is 1. The van der Waals surface area contributed by atoms with Crippen LogP contribution in [-0.4, -0.2) is 38.8 Å². The first kappa shape index (κ1) is 23.3. The molecular formula is C24H32N2O4S. The average Bonchev–Trinajstić information content (AvgIpc) is 3.33. The SMILES string of the molecule is CCc1cccc(CC)c1NC(=O)CCc1cc(S(=O)(=O)N2CCCC2)ccc1OC. The molecule has 0 atom stereocenters. The van der Waals surface area contributed by atoms with Crippen LogP contribution in [0.5, 0.6) is 5.75 Å². The number of hydrogen-bond acceptors (Lipinski definition) is 4. The van der Waals surface area contributed by atoms with Gasteiger partial charge in [-0.3, -0.25) is 4.79 Å². The first-order valence-corrected chi connectivity index (χ1v) is 12.4. The minimum atomic E-state index is -3.51. The Kier molecular flexibility index (Phi) is 7.73. The van der Waals surface area contributed by atoms with Gasteiger partial charge in [-0.15, -0.1) is 0 Å². The molecule has 2 aromatic carbocycles. The summed E-state index contributed by atoms with van der Waals surface area (Å²) in [7, 11) is -1.96. The Bertz CT molecular complexity index is 1010. The normalized spacial score (nSPS) is 14.5. The molecule has 0 saturated carbocycles. The molecule has 3 rings (SSSR count). The number of aryl methyl sites for hydroxylation is 3. The molecule has 1 aliphatic rings. The minimum absolute atomic E-state index is 0.0922. The number of rotatable bonds is 9. The van der Waals surface area contributed by atoms with E-state index >= 15 is 0 Å². The van der Waals surface area contributed by atoms with Gasteiger partial charge in [0.05, 0.1) is 12.0 Å². The molecule has 6 nitrogen and oxygen atoms in total. The zero-order valence-corrected chi connectivity index (χ0v) is 19.4. The van der Waals surface area contributed by atoms with Crippen LogP contribution in [0.2, 0.25) is 0 Å². The molecule has 0 aliphatic carbocycles. The summed E-state index contributed by atoms with van der Waals surface area (Å²) in [5.74, 6) is 0.502. The van der Waals surface area contributed by atoms with Gasteiger partial charge < -0.3 is 10.1 Å². The molecule has 1 N–H and O–H groups in total. The number of sulfonamides is 1. The zero-order chi connectivity index (χ0) is 22.4. The number of carbonyl (C=O) groups is 1. The van der Waals surface area contributed by atoms with Gasteiger partial charge in [0.15, 0.2) is 0 Å². The third-order valence-electron chi connectivity index (χ3n) is 5.84. The summed E-state index contributed by atoms with van der Waals surface area (Å²) in [6.07, 6.45) is 4.10. The Hall–Kier alpha value is -2.38. The first-order chi connectivity index (χ1) is 14.9. The van der Waals surface area contributed by atoms with Crippen LogP contribution in [0, 0.1) is 0 Å². The lowest BCUT2D eigenvalue weighted by Crippen LogP contribution is -2.28. The van der Waals surface area contributed by atoms with Crippen molar-refractivity contribution >= 4 is 21.6 Å². The number of nitrogens with one attached hydrogen (secondary N) is 1. The fraction of sp³-hybridized carbons (Fsp3) is 0.458. The van der Waals surface area contributed by atoms with Crippen molar-refractivity contribution in [3.05, 3.63) is 53.1 Å². The summed E-state index contributed by atoms with van der Waals surface area (Å²) < 4.78 is 32.8. The maximum atomic E-state index is 12.9. The molecule has 1 heterocycles. The summed E-state index contributed by atoms with van der Waals surface area (Å²) >= 11 is 0. The van der Waals surface area contributed by atoms with E-state index < -0.39 is 10.0 Å². The molecule has 1 amide bonds. The highest BCUT2D eigenvalue weighted by atomic mass is 32.2. The average molecular weight is 445 g/mol. The van der Waals surface area contributed by atoms with E-state index in [1.54, 1.807) is 25.3 Å². The van der Waals surface area contributed by atoms with Gasteiger partial charge in [-0.2, -0.15) is 4.31 Å². The largest absolute Gasteiger partial charge is 0.496 e. The van der Waals surface area contributed by atoms with Crippen molar-refractivity contribution in [1.82, 2.24) is 4.31 Å². The number of hydrogen-bond donors (Lipinski definition) is 1. The lowest BCUT2D eigenvalue weighted by molar-refractivity contribution is -0.116. The Labute approximate surface area is 185 Å². The Morgan fingerprint density at radius 3 is 2.26 bits per heavy atom. The summed E-state index contributed by atoms with van der Waals surface area (Å²) in [5, 5.41) is 3.07. The molecule has 0 aromatic heterocycles. The van der Waals surface area contributed by atoms with E-state index in [0.717, 1.165) is 48.1 Å². The van der Waals surface area contributed by atoms with Crippen molar-refractivity contribution in [3.63, 3.8) is 0 Å². The van der Waals surface area contributed by atoms with Crippen LogP contribution < -0.4 is 10.1 Å². The van der Waals surface area contributed by atoms with Gasteiger partial charge in [-0.25, -0.2) is 8.42 Å². The molecule has 7 heteroatoms. The monoisotopic (exact) mass is 444 g/mol. The Balaban J connectivity index is 1.76. The third-order valence-corrected chi connectivity index (χ3v) is 7.73. The topological polar surface area (TPSA) is 75.7 Å². The quantitative estimate of drug-likeness (QED) is 0.630. The van der Waals surface area contributed by atoms with E-state index in [2.05, 4.69) is 19.2 Å². The highest BCUT2D eigenvalue weighted by Crippen LogP contribution is 2.28. The van der Waals surface area contributed by atoms with Gasteiger partial charge in [0.2, 0.25) is 15.9 Å². The van der Waals surface area contributed by atoms with E-state index in [1.807, 2.05) is 18.2 Å². The fourth-order valence-corrected chi connectivity index (χ4v) is 5.61. The van der Waals surface area contributed by atoms with Crippen molar-refractivity contribution in [2.45, 2.75) is 57.3 Å². The lowest BCUT2D eigenvalue weighted by Gasteiger charge is -2.17. The maximum absolute atomic E-state index is 12.9. The molecule has 2 aromatic rings. The van der Waals surface area contributed by atoms with Crippen LogP contribution in [0.4, 0.5) is 5.69 Å². The molecule has 0 radical (unpaired) electrons. The second-order valence-electron chi connectivity index (χ2n) is 7.79. The second kappa shape index (κ2) is 10.3. The van der Waals surface area contributed by atoms with Gasteiger partial charge in [0.1, 0.15) is 5.75 Å². The number of benzene rings is 2. The molecule has 1 fully saturated rings. The lowest BCUT2D eigenvalue weighted by atomic mass is 10.0. The standard InChI is InChI=1S/C24H32N2O4S/c1-4-18-9-8-10-19(5-2)24(18)25-23(27)14-11-20-17-21(12-13-22(20)30-3)31(28,29)26-15-6-7-16-26/h8-10,12-13,17H,4-7,11,14-16H2,1-3H3,(H,25,27). The number of amides is 1. The third kappa shape index (κ3) is 5.28. The van der Waals surface area contributed by atoms with Crippen LogP contribution in [0.25, 0.3) is 0 Å². The van der Waals surface area contributed by atoms with Gasteiger partial charge in [-0.05, 0) is 67.0 Å². The number of para-hydroxylation sites is 1. The molecule has 0 unspecified atom stereocenters. The molecule has 168 valence electrons. The van der Waals surface area contributed by atoms with Crippen molar-refractivity contribution in [2.75, 3.05) is 25.5 Å². The summed E-state index contributed by atoms with van der Waals surface area (Å²) in [6.45, 7) is 5.26. The van der Waals surface area contributed by atoms with Gasteiger partial charge >= 0.3 is 0 Å². The van der Waals surface area contributed by atoms with Crippen LogP contribution in [0.3, 0.4) is 0 Å².